The zero-order valence-corrected chi connectivity index (χ0v) is 14.6. The summed E-state index contributed by atoms with van der Waals surface area (Å²) >= 11 is 0. The van der Waals surface area contributed by atoms with E-state index in [4.69, 9.17) is 4.74 Å². The number of nitrogens with zero attached hydrogens (tertiary/aromatic N) is 2. The van der Waals surface area contributed by atoms with Crippen LogP contribution in [0.15, 0.2) is 49.0 Å². The number of hydrogen-bond acceptors (Lipinski definition) is 1. The molecule has 25 heavy (non-hydrogen) atoms. The monoisotopic (exact) mass is 327 g/mol. The first-order valence-electron chi connectivity index (χ1n) is 8.84. The standard InChI is InChI=1S/C22H19N2O/c1-12-10-24-16-11-25-17-8-9-23(3)21(20(16)17)19-13(2)14-6-4-5-7-15(14)18(12)22(19)24/h4-11,17,20H,1-3H3/q+1. The number of benzene rings is 2. The molecule has 0 spiro atoms. The van der Waals surface area contributed by atoms with E-state index >= 15 is 0 Å². The Morgan fingerprint density at radius 3 is 2.76 bits per heavy atom. The Hall–Kier alpha value is -2.81. The zero-order valence-electron chi connectivity index (χ0n) is 14.6. The van der Waals surface area contributed by atoms with Crippen LogP contribution in [0.25, 0.3) is 27.4 Å². The third-order valence-electron chi connectivity index (χ3n) is 6.11. The second kappa shape index (κ2) is 4.23. The minimum Gasteiger partial charge on any atom is -0.491 e. The first-order chi connectivity index (χ1) is 12.2. The molecule has 3 nitrogen and oxygen atoms in total. The topological polar surface area (TPSA) is 17.2 Å². The molecule has 6 rings (SSSR count). The first kappa shape index (κ1) is 13.5. The van der Waals surface area contributed by atoms with Gasteiger partial charge in [-0.1, -0.05) is 24.3 Å². The van der Waals surface area contributed by atoms with Crippen LogP contribution in [-0.2, 0) is 4.74 Å². The smallest absolute Gasteiger partial charge is 0.204 e. The molecule has 3 aliphatic heterocycles. The molecule has 122 valence electrons. The second-order valence-electron chi connectivity index (χ2n) is 7.41. The zero-order chi connectivity index (χ0) is 16.9. The van der Waals surface area contributed by atoms with Crippen LogP contribution < -0.4 is 0 Å². The van der Waals surface area contributed by atoms with Gasteiger partial charge in [0.15, 0.2) is 6.20 Å². The van der Waals surface area contributed by atoms with E-state index in [1.807, 2.05) is 6.26 Å². The van der Waals surface area contributed by atoms with Gasteiger partial charge in [0.25, 0.3) is 0 Å². The summed E-state index contributed by atoms with van der Waals surface area (Å²) in [6.45, 7) is 4.49. The Morgan fingerprint density at radius 1 is 1.12 bits per heavy atom. The summed E-state index contributed by atoms with van der Waals surface area (Å²) in [6.07, 6.45) is 8.68. The minimum absolute atomic E-state index is 0.109. The van der Waals surface area contributed by atoms with Crippen LogP contribution in [0.1, 0.15) is 16.7 Å². The summed E-state index contributed by atoms with van der Waals surface area (Å²) < 4.78 is 10.7. The SMILES string of the molecule is Cc1c2c3c(c(C)cn3C3=COC4C=C[N+](C)=C2C34)c2ccccc12. The highest BCUT2D eigenvalue weighted by atomic mass is 16.5. The van der Waals surface area contributed by atoms with Gasteiger partial charge in [-0.15, -0.1) is 0 Å². The molecule has 0 radical (unpaired) electrons. The highest BCUT2D eigenvalue weighted by molar-refractivity contribution is 6.24. The van der Waals surface area contributed by atoms with Crippen molar-refractivity contribution in [2.75, 3.05) is 7.05 Å². The van der Waals surface area contributed by atoms with Gasteiger partial charge >= 0.3 is 0 Å². The molecule has 3 heteroatoms. The Bertz CT molecular complexity index is 1210. The van der Waals surface area contributed by atoms with Crippen LogP contribution in [0.4, 0.5) is 0 Å². The Morgan fingerprint density at radius 2 is 1.92 bits per heavy atom. The molecule has 3 aromatic rings. The molecule has 4 heterocycles. The van der Waals surface area contributed by atoms with Crippen LogP contribution in [0.5, 0.6) is 0 Å². The number of hydrogen-bond donors (Lipinski definition) is 0. The average Bonchev–Trinajstić information content (AvgIpc) is 3.19. The second-order valence-corrected chi connectivity index (χ2v) is 7.41. The fourth-order valence-electron chi connectivity index (χ4n) is 5.05. The summed E-state index contributed by atoms with van der Waals surface area (Å²) in [5.41, 5.74) is 8.03. The molecule has 0 aliphatic carbocycles. The summed E-state index contributed by atoms with van der Waals surface area (Å²) in [4.78, 5) is 0. The quantitative estimate of drug-likeness (QED) is 0.566. The number of aryl methyl sites for hydroxylation is 2. The van der Waals surface area contributed by atoms with E-state index in [0.717, 1.165) is 0 Å². The molecule has 0 bridgehead atoms. The summed E-state index contributed by atoms with van der Waals surface area (Å²) in [5.74, 6) is 0.275. The van der Waals surface area contributed by atoms with Gasteiger partial charge in [0.05, 0.1) is 16.8 Å². The van der Waals surface area contributed by atoms with Crippen molar-refractivity contribution in [3.05, 3.63) is 65.7 Å². The Labute approximate surface area is 146 Å². The maximum atomic E-state index is 6.01. The molecule has 3 aliphatic rings. The van der Waals surface area contributed by atoms with Gasteiger partial charge in [-0.05, 0) is 35.7 Å². The molecular weight excluding hydrogens is 308 g/mol. The van der Waals surface area contributed by atoms with Gasteiger partial charge in [-0.3, -0.25) is 0 Å². The predicted octanol–water partition coefficient (Wildman–Crippen LogP) is 4.20. The average molecular weight is 327 g/mol. The van der Waals surface area contributed by atoms with Gasteiger partial charge < -0.3 is 9.30 Å². The van der Waals surface area contributed by atoms with Crippen molar-refractivity contribution in [3.63, 3.8) is 0 Å². The van der Waals surface area contributed by atoms with Crippen molar-refractivity contribution in [2.45, 2.75) is 20.0 Å². The van der Waals surface area contributed by atoms with E-state index in [-0.39, 0.29) is 12.0 Å². The Balaban J connectivity index is 1.93. The first-order valence-corrected chi connectivity index (χ1v) is 8.84. The van der Waals surface area contributed by atoms with Gasteiger partial charge in [0, 0.05) is 17.7 Å². The van der Waals surface area contributed by atoms with Crippen molar-refractivity contribution >= 4 is 33.1 Å². The van der Waals surface area contributed by atoms with Crippen LogP contribution in [0, 0.1) is 19.8 Å². The van der Waals surface area contributed by atoms with E-state index in [0.29, 0.717) is 0 Å². The molecule has 0 amide bonds. The van der Waals surface area contributed by atoms with Gasteiger partial charge in [0.2, 0.25) is 5.71 Å². The molecule has 0 N–H and O–H groups in total. The van der Waals surface area contributed by atoms with E-state index < -0.39 is 0 Å². The third-order valence-corrected chi connectivity index (χ3v) is 6.11. The van der Waals surface area contributed by atoms with Crippen molar-refractivity contribution in [1.29, 1.82) is 0 Å². The lowest BCUT2D eigenvalue weighted by Crippen LogP contribution is -2.38. The molecule has 0 fully saturated rings. The van der Waals surface area contributed by atoms with Crippen LogP contribution in [-0.4, -0.2) is 28.0 Å². The fraction of sp³-hybridized carbons (Fsp3) is 0.227. The van der Waals surface area contributed by atoms with Gasteiger partial charge in [-0.2, -0.15) is 0 Å². The number of ether oxygens (including phenoxy) is 1. The molecule has 1 aromatic heterocycles. The molecule has 2 atom stereocenters. The Kier molecular flexibility index (Phi) is 2.28. The van der Waals surface area contributed by atoms with Crippen molar-refractivity contribution in [3.8, 4) is 0 Å². The lowest BCUT2D eigenvalue weighted by molar-refractivity contribution is -0.427. The molecule has 2 aromatic carbocycles. The normalized spacial score (nSPS) is 23.2. The highest BCUT2D eigenvalue weighted by Gasteiger charge is 2.48. The lowest BCUT2D eigenvalue weighted by atomic mass is 9.81. The maximum absolute atomic E-state index is 6.01. The lowest BCUT2D eigenvalue weighted by Gasteiger charge is -2.28. The molecular formula is C22H19N2O+. The van der Waals surface area contributed by atoms with Gasteiger partial charge in [0.1, 0.15) is 25.3 Å². The van der Waals surface area contributed by atoms with E-state index in [1.165, 1.54) is 49.8 Å². The largest absolute Gasteiger partial charge is 0.491 e. The highest BCUT2D eigenvalue weighted by Crippen LogP contribution is 2.47. The minimum atomic E-state index is 0.109. The van der Waals surface area contributed by atoms with Crippen LogP contribution in [0.2, 0.25) is 0 Å². The molecule has 0 saturated carbocycles. The predicted molar refractivity (Wildman–Crippen MR) is 101 cm³/mol. The van der Waals surface area contributed by atoms with Crippen LogP contribution >= 0.6 is 0 Å². The van der Waals surface area contributed by atoms with E-state index in [1.54, 1.807) is 0 Å². The summed E-state index contributed by atoms with van der Waals surface area (Å²) in [5, 5.41) is 4.07. The van der Waals surface area contributed by atoms with E-state index in [9.17, 15) is 0 Å². The van der Waals surface area contributed by atoms with Crippen molar-refractivity contribution < 1.29 is 9.31 Å². The van der Waals surface area contributed by atoms with E-state index in [2.05, 4.69) is 72.8 Å². The van der Waals surface area contributed by atoms with Crippen molar-refractivity contribution in [2.24, 2.45) is 5.92 Å². The van der Waals surface area contributed by atoms with Crippen molar-refractivity contribution in [1.82, 2.24) is 4.57 Å². The summed E-state index contributed by atoms with van der Waals surface area (Å²) in [6, 6.07) is 8.79. The number of rotatable bonds is 0. The number of aromatic nitrogens is 1. The van der Waals surface area contributed by atoms with Crippen LogP contribution in [0.3, 0.4) is 0 Å². The maximum Gasteiger partial charge on any atom is 0.204 e. The summed E-state index contributed by atoms with van der Waals surface area (Å²) in [7, 11) is 2.16. The van der Waals surface area contributed by atoms with Gasteiger partial charge in [-0.25, -0.2) is 4.58 Å². The third kappa shape index (κ3) is 1.42. The molecule has 0 saturated heterocycles. The fourth-order valence-corrected chi connectivity index (χ4v) is 5.05. The molecule has 2 unspecified atom stereocenters. The number of fused-ring (bicyclic) bond motifs is 4.